The van der Waals surface area contributed by atoms with Gasteiger partial charge in [0.2, 0.25) is 0 Å². The average molecular weight is 531 g/mol. The highest BCUT2D eigenvalue weighted by molar-refractivity contribution is 7.92. The van der Waals surface area contributed by atoms with Gasteiger partial charge in [-0.2, -0.15) is 0 Å². The zero-order chi connectivity index (χ0) is 25.7. The van der Waals surface area contributed by atoms with Crippen molar-refractivity contribution in [3.63, 3.8) is 0 Å². The molecular formula is C26H38N4O4SSi. The molecule has 5 rings (SSSR count). The van der Waals surface area contributed by atoms with Crippen molar-refractivity contribution in [2.45, 2.75) is 63.0 Å². The maximum absolute atomic E-state index is 12.9. The Labute approximate surface area is 215 Å². The van der Waals surface area contributed by atoms with Gasteiger partial charge in [0.25, 0.3) is 0 Å². The fourth-order valence-electron chi connectivity index (χ4n) is 5.05. The first kappa shape index (κ1) is 25.5. The highest BCUT2D eigenvalue weighted by Gasteiger charge is 2.54. The van der Waals surface area contributed by atoms with Crippen LogP contribution in [0.15, 0.2) is 36.8 Å². The van der Waals surface area contributed by atoms with Crippen LogP contribution in [0.4, 0.5) is 5.82 Å². The van der Waals surface area contributed by atoms with Crippen molar-refractivity contribution >= 4 is 34.8 Å². The molecule has 0 amide bonds. The van der Waals surface area contributed by atoms with E-state index in [9.17, 15) is 8.42 Å². The Balaban J connectivity index is 1.52. The van der Waals surface area contributed by atoms with Gasteiger partial charge in [0, 0.05) is 51.5 Å². The zero-order valence-corrected chi connectivity index (χ0v) is 23.8. The van der Waals surface area contributed by atoms with Gasteiger partial charge < -0.3 is 18.9 Å². The van der Waals surface area contributed by atoms with Crippen molar-refractivity contribution in [3.05, 3.63) is 42.4 Å². The summed E-state index contributed by atoms with van der Waals surface area (Å²) in [6.45, 7) is 12.5. The Hall–Kier alpha value is -2.14. The molecular weight excluding hydrogens is 492 g/mol. The van der Waals surface area contributed by atoms with E-state index in [0.29, 0.717) is 32.8 Å². The first-order chi connectivity index (χ1) is 17.0. The minimum absolute atomic E-state index is 0.169. The number of morpholine rings is 1. The molecule has 0 bridgehead atoms. The molecule has 0 radical (unpaired) electrons. The van der Waals surface area contributed by atoms with Crippen LogP contribution in [0.2, 0.25) is 25.7 Å². The zero-order valence-electron chi connectivity index (χ0n) is 22.0. The molecule has 8 nitrogen and oxygen atoms in total. The average Bonchev–Trinajstić information content (AvgIpc) is 3.32. The Morgan fingerprint density at radius 1 is 1.22 bits per heavy atom. The number of anilines is 1. The Kier molecular flexibility index (Phi) is 6.59. The van der Waals surface area contributed by atoms with Gasteiger partial charge in [-0.1, -0.05) is 19.6 Å². The van der Waals surface area contributed by atoms with Gasteiger partial charge in [-0.15, -0.1) is 0 Å². The topological polar surface area (TPSA) is 78.6 Å². The highest BCUT2D eigenvalue weighted by Crippen LogP contribution is 2.54. The fourth-order valence-corrected chi connectivity index (χ4v) is 7.22. The van der Waals surface area contributed by atoms with E-state index in [-0.39, 0.29) is 6.04 Å². The van der Waals surface area contributed by atoms with E-state index < -0.39 is 22.7 Å². The normalized spacial score (nSPS) is 20.2. The summed E-state index contributed by atoms with van der Waals surface area (Å²) < 4.78 is 40.7. The molecule has 10 heteroatoms. The fraction of sp³-hybridized carbons (Fsp3) is 0.577. The maximum Gasteiger partial charge on any atom is 0.157 e. The van der Waals surface area contributed by atoms with Crippen LogP contribution in [0.3, 0.4) is 0 Å². The third-order valence-corrected chi connectivity index (χ3v) is 11.2. The van der Waals surface area contributed by atoms with Gasteiger partial charge >= 0.3 is 0 Å². The molecule has 1 aliphatic carbocycles. The summed E-state index contributed by atoms with van der Waals surface area (Å²) >= 11 is 0. The molecule has 3 aromatic rings. The molecule has 1 atom stereocenters. The third kappa shape index (κ3) is 4.88. The van der Waals surface area contributed by atoms with Crippen LogP contribution in [0.25, 0.3) is 16.7 Å². The van der Waals surface area contributed by atoms with E-state index in [1.165, 1.54) is 6.26 Å². The number of rotatable bonds is 9. The SMILES string of the molecule is C[C@@H]1COCCN1c1cc(C2(S(C)(=O)=O)CC2)c2ccn(-c3ccn(COCC[Si](C)(C)C)c3)c2n1. The van der Waals surface area contributed by atoms with E-state index in [1.54, 1.807) is 0 Å². The molecule has 196 valence electrons. The number of aromatic nitrogens is 3. The van der Waals surface area contributed by atoms with Gasteiger partial charge in [0.1, 0.15) is 18.2 Å². The van der Waals surface area contributed by atoms with Crippen LogP contribution in [-0.2, 0) is 30.8 Å². The molecule has 1 aliphatic heterocycles. The van der Waals surface area contributed by atoms with Gasteiger partial charge in [0.15, 0.2) is 9.84 Å². The van der Waals surface area contributed by atoms with Crippen molar-refractivity contribution in [2.75, 3.05) is 37.5 Å². The highest BCUT2D eigenvalue weighted by atomic mass is 32.2. The van der Waals surface area contributed by atoms with E-state index in [4.69, 9.17) is 14.5 Å². The summed E-state index contributed by atoms with van der Waals surface area (Å²) in [6, 6.07) is 7.39. The van der Waals surface area contributed by atoms with Gasteiger partial charge in [-0.05, 0) is 49.6 Å². The lowest BCUT2D eigenvalue weighted by Gasteiger charge is -2.35. The monoisotopic (exact) mass is 530 g/mol. The van der Waals surface area contributed by atoms with Crippen molar-refractivity contribution in [1.29, 1.82) is 0 Å². The Bertz CT molecular complexity index is 1350. The predicted molar refractivity (Wildman–Crippen MR) is 147 cm³/mol. The van der Waals surface area contributed by atoms with E-state index in [1.807, 2.05) is 29.1 Å². The molecule has 1 saturated heterocycles. The van der Waals surface area contributed by atoms with Crippen molar-refractivity contribution < 1.29 is 17.9 Å². The van der Waals surface area contributed by atoms with Gasteiger partial charge in [-0.25, -0.2) is 13.4 Å². The summed E-state index contributed by atoms with van der Waals surface area (Å²) in [5, 5.41) is 0.904. The van der Waals surface area contributed by atoms with Crippen LogP contribution in [0, 0.1) is 0 Å². The number of pyridine rings is 1. The minimum Gasteiger partial charge on any atom is -0.377 e. The second kappa shape index (κ2) is 9.31. The third-order valence-electron chi connectivity index (χ3n) is 7.46. The van der Waals surface area contributed by atoms with Gasteiger partial charge in [-0.3, -0.25) is 4.57 Å². The standard InChI is InChI=1S/C26H38N4O4SSi/c1-20-18-33-13-12-29(20)24-16-23(26(8-9-26)35(2,31)32)22-7-11-30(25(22)27-24)21-6-10-28(17-21)19-34-14-15-36(3,4)5/h6-7,10-11,16-17,20H,8-9,12-15,18-19H2,1-5H3/t20-/m1/s1. The first-order valence-electron chi connectivity index (χ1n) is 12.8. The van der Waals surface area contributed by atoms with Crippen LogP contribution in [0.5, 0.6) is 0 Å². The largest absolute Gasteiger partial charge is 0.377 e. The molecule has 0 aromatic carbocycles. The molecule has 0 spiro atoms. The smallest absolute Gasteiger partial charge is 0.157 e. The van der Waals surface area contributed by atoms with E-state index in [0.717, 1.165) is 47.3 Å². The Morgan fingerprint density at radius 3 is 2.67 bits per heavy atom. The van der Waals surface area contributed by atoms with Crippen LogP contribution < -0.4 is 4.90 Å². The van der Waals surface area contributed by atoms with Gasteiger partial charge in [0.05, 0.1) is 29.7 Å². The summed E-state index contributed by atoms with van der Waals surface area (Å²) in [5.74, 6) is 0.817. The number of sulfone groups is 1. The van der Waals surface area contributed by atoms with E-state index in [2.05, 4.69) is 48.3 Å². The second-order valence-corrected chi connectivity index (χ2v) is 19.5. The first-order valence-corrected chi connectivity index (χ1v) is 18.4. The summed E-state index contributed by atoms with van der Waals surface area (Å²) in [6.07, 6.45) is 8.74. The number of fused-ring (bicyclic) bond motifs is 1. The van der Waals surface area contributed by atoms with Crippen LogP contribution in [-0.4, -0.2) is 69.3 Å². The summed E-state index contributed by atoms with van der Waals surface area (Å²) in [7, 11) is -4.39. The summed E-state index contributed by atoms with van der Waals surface area (Å²) in [4.78, 5) is 7.32. The van der Waals surface area contributed by atoms with Crippen molar-refractivity contribution in [3.8, 4) is 5.69 Å². The van der Waals surface area contributed by atoms with E-state index >= 15 is 0 Å². The molecule has 0 N–H and O–H groups in total. The molecule has 2 aliphatic rings. The van der Waals surface area contributed by atoms with Crippen molar-refractivity contribution in [1.82, 2.24) is 14.1 Å². The number of ether oxygens (including phenoxy) is 2. The number of nitrogens with zero attached hydrogens (tertiary/aromatic N) is 4. The minimum atomic E-state index is -3.27. The molecule has 1 saturated carbocycles. The number of hydrogen-bond donors (Lipinski definition) is 0. The molecule has 3 aromatic heterocycles. The predicted octanol–water partition coefficient (Wildman–Crippen LogP) is 4.40. The molecule has 2 fully saturated rings. The second-order valence-electron chi connectivity index (χ2n) is 11.6. The lowest BCUT2D eigenvalue weighted by Crippen LogP contribution is -2.44. The molecule has 4 heterocycles. The lowest BCUT2D eigenvalue weighted by molar-refractivity contribution is 0.0875. The quantitative estimate of drug-likeness (QED) is 0.301. The maximum atomic E-state index is 12.9. The van der Waals surface area contributed by atoms with Crippen LogP contribution in [0.1, 0.15) is 25.3 Å². The number of hydrogen-bond acceptors (Lipinski definition) is 6. The Morgan fingerprint density at radius 2 is 2.00 bits per heavy atom. The lowest BCUT2D eigenvalue weighted by atomic mass is 10.1. The summed E-state index contributed by atoms with van der Waals surface area (Å²) in [5.41, 5.74) is 2.64. The van der Waals surface area contributed by atoms with Crippen molar-refractivity contribution in [2.24, 2.45) is 0 Å². The van der Waals surface area contributed by atoms with Crippen LogP contribution >= 0.6 is 0 Å². The molecule has 36 heavy (non-hydrogen) atoms. The molecule has 0 unspecified atom stereocenters.